The lowest BCUT2D eigenvalue weighted by molar-refractivity contribution is -0.664. The second kappa shape index (κ2) is 5.14. The minimum atomic E-state index is -0.0652. The highest BCUT2D eigenvalue weighted by Gasteiger charge is 2.16. The summed E-state index contributed by atoms with van der Waals surface area (Å²) in [5.41, 5.74) is 0. The van der Waals surface area contributed by atoms with E-state index in [9.17, 15) is 4.79 Å². The molecule has 0 radical (unpaired) electrons. The number of hydrogen-bond donors (Lipinski definition) is 1. The topological polar surface area (TPSA) is 42.9 Å². The number of hydrogen-bond acceptors (Lipinski definition) is 2. The molecule has 0 spiro atoms. The van der Waals surface area contributed by atoms with E-state index in [2.05, 4.69) is 10.1 Å². The summed E-state index contributed by atoms with van der Waals surface area (Å²) < 4.78 is 4.59. The molecular formula is C9H18NO2+. The Morgan fingerprint density at radius 1 is 1.50 bits per heavy atom. The van der Waals surface area contributed by atoms with Gasteiger partial charge in [0.05, 0.1) is 20.2 Å². The second-order valence-electron chi connectivity index (χ2n) is 3.42. The molecular weight excluding hydrogens is 154 g/mol. The van der Waals surface area contributed by atoms with E-state index in [0.717, 1.165) is 12.3 Å². The SMILES string of the molecule is COC(=O)CCC1CC[NH2+]CC1. The Hall–Kier alpha value is -0.570. The van der Waals surface area contributed by atoms with Gasteiger partial charge < -0.3 is 10.1 Å². The molecule has 1 rings (SSSR count). The number of carbonyl (C=O) groups excluding carboxylic acids is 1. The standard InChI is InChI=1S/C9H17NO2/c1-12-9(11)3-2-8-4-6-10-7-5-8/h8,10H,2-7H2,1H3/p+1. The normalized spacial score (nSPS) is 19.1. The summed E-state index contributed by atoms with van der Waals surface area (Å²) in [5.74, 6) is 0.693. The van der Waals surface area contributed by atoms with Gasteiger partial charge in [-0.05, 0) is 25.2 Å². The first-order chi connectivity index (χ1) is 5.83. The van der Waals surface area contributed by atoms with Gasteiger partial charge in [0.15, 0.2) is 0 Å². The molecule has 3 nitrogen and oxygen atoms in total. The molecule has 0 bridgehead atoms. The van der Waals surface area contributed by atoms with Gasteiger partial charge in [-0.3, -0.25) is 4.79 Å². The molecule has 0 amide bonds. The average Bonchev–Trinajstić information content (AvgIpc) is 2.16. The Morgan fingerprint density at radius 3 is 2.75 bits per heavy atom. The van der Waals surface area contributed by atoms with E-state index < -0.39 is 0 Å². The molecule has 1 aliphatic heterocycles. The van der Waals surface area contributed by atoms with Gasteiger partial charge in [0.2, 0.25) is 0 Å². The molecule has 0 aliphatic carbocycles. The van der Waals surface area contributed by atoms with Crippen LogP contribution >= 0.6 is 0 Å². The number of ether oxygens (including phenoxy) is 1. The molecule has 2 N–H and O–H groups in total. The van der Waals surface area contributed by atoms with Crippen LogP contribution in [0.1, 0.15) is 25.7 Å². The maximum Gasteiger partial charge on any atom is 0.305 e. The molecule has 12 heavy (non-hydrogen) atoms. The quantitative estimate of drug-likeness (QED) is 0.605. The van der Waals surface area contributed by atoms with Crippen LogP contribution in [0.15, 0.2) is 0 Å². The van der Waals surface area contributed by atoms with Crippen molar-refractivity contribution < 1.29 is 14.8 Å². The number of esters is 1. The van der Waals surface area contributed by atoms with Gasteiger partial charge in [0.1, 0.15) is 0 Å². The van der Waals surface area contributed by atoms with Gasteiger partial charge in [-0.25, -0.2) is 0 Å². The van der Waals surface area contributed by atoms with Crippen LogP contribution in [0.4, 0.5) is 0 Å². The van der Waals surface area contributed by atoms with E-state index in [1.54, 1.807) is 0 Å². The van der Waals surface area contributed by atoms with E-state index in [-0.39, 0.29) is 5.97 Å². The molecule has 0 aromatic heterocycles. The minimum absolute atomic E-state index is 0.0652. The van der Waals surface area contributed by atoms with Crippen molar-refractivity contribution in [3.05, 3.63) is 0 Å². The average molecular weight is 172 g/mol. The Morgan fingerprint density at radius 2 is 2.17 bits per heavy atom. The first-order valence-corrected chi connectivity index (χ1v) is 4.71. The monoisotopic (exact) mass is 172 g/mol. The van der Waals surface area contributed by atoms with Crippen molar-refractivity contribution >= 4 is 5.97 Å². The summed E-state index contributed by atoms with van der Waals surface area (Å²) in [5, 5.41) is 2.34. The fourth-order valence-electron chi connectivity index (χ4n) is 1.71. The Bertz CT molecular complexity index is 141. The van der Waals surface area contributed by atoms with Gasteiger partial charge in [-0.2, -0.15) is 0 Å². The lowest BCUT2D eigenvalue weighted by Gasteiger charge is -2.19. The zero-order valence-corrected chi connectivity index (χ0v) is 7.71. The molecule has 0 atom stereocenters. The van der Waals surface area contributed by atoms with Crippen molar-refractivity contribution in [1.29, 1.82) is 0 Å². The van der Waals surface area contributed by atoms with Crippen LogP contribution in [0, 0.1) is 5.92 Å². The lowest BCUT2D eigenvalue weighted by Crippen LogP contribution is -2.86. The third kappa shape index (κ3) is 3.22. The number of methoxy groups -OCH3 is 1. The molecule has 0 saturated carbocycles. The van der Waals surface area contributed by atoms with Crippen molar-refractivity contribution in [1.82, 2.24) is 0 Å². The maximum atomic E-state index is 10.8. The van der Waals surface area contributed by atoms with Gasteiger partial charge in [0.25, 0.3) is 0 Å². The number of nitrogens with two attached hydrogens (primary N) is 1. The van der Waals surface area contributed by atoms with Gasteiger partial charge in [-0.15, -0.1) is 0 Å². The summed E-state index contributed by atoms with van der Waals surface area (Å²) in [6.07, 6.45) is 4.13. The van der Waals surface area contributed by atoms with Crippen molar-refractivity contribution in [3.63, 3.8) is 0 Å². The predicted molar refractivity (Wildman–Crippen MR) is 45.6 cm³/mol. The van der Waals surface area contributed by atoms with E-state index in [1.165, 1.54) is 33.0 Å². The summed E-state index contributed by atoms with van der Waals surface area (Å²) in [4.78, 5) is 10.8. The first-order valence-electron chi connectivity index (χ1n) is 4.71. The molecule has 1 fully saturated rings. The first kappa shape index (κ1) is 9.52. The minimum Gasteiger partial charge on any atom is -0.469 e. The molecule has 3 heteroatoms. The van der Waals surface area contributed by atoms with Crippen molar-refractivity contribution in [2.75, 3.05) is 20.2 Å². The van der Waals surface area contributed by atoms with Crippen LogP contribution < -0.4 is 5.32 Å². The van der Waals surface area contributed by atoms with E-state index in [0.29, 0.717) is 6.42 Å². The summed E-state index contributed by atoms with van der Waals surface area (Å²) in [6, 6.07) is 0. The van der Waals surface area contributed by atoms with Crippen LogP contribution in [-0.2, 0) is 9.53 Å². The molecule has 1 heterocycles. The molecule has 70 valence electrons. The van der Waals surface area contributed by atoms with E-state index >= 15 is 0 Å². The third-order valence-electron chi connectivity index (χ3n) is 2.54. The van der Waals surface area contributed by atoms with E-state index in [4.69, 9.17) is 0 Å². The highest BCUT2D eigenvalue weighted by Crippen LogP contribution is 2.15. The highest BCUT2D eigenvalue weighted by atomic mass is 16.5. The van der Waals surface area contributed by atoms with Gasteiger partial charge >= 0.3 is 5.97 Å². The fraction of sp³-hybridized carbons (Fsp3) is 0.889. The van der Waals surface area contributed by atoms with Crippen LogP contribution in [0.3, 0.4) is 0 Å². The van der Waals surface area contributed by atoms with Crippen LogP contribution in [0.25, 0.3) is 0 Å². The molecule has 1 saturated heterocycles. The highest BCUT2D eigenvalue weighted by molar-refractivity contribution is 5.69. The summed E-state index contributed by atoms with van der Waals surface area (Å²) >= 11 is 0. The fourth-order valence-corrected chi connectivity index (χ4v) is 1.71. The van der Waals surface area contributed by atoms with Crippen LogP contribution in [0.2, 0.25) is 0 Å². The zero-order valence-electron chi connectivity index (χ0n) is 7.71. The van der Waals surface area contributed by atoms with Crippen LogP contribution in [0.5, 0.6) is 0 Å². The smallest absolute Gasteiger partial charge is 0.305 e. The lowest BCUT2D eigenvalue weighted by atomic mass is 9.93. The molecule has 0 unspecified atom stereocenters. The van der Waals surface area contributed by atoms with Gasteiger partial charge in [0, 0.05) is 6.42 Å². The maximum absolute atomic E-state index is 10.8. The predicted octanol–water partition coefficient (Wildman–Crippen LogP) is -0.0870. The third-order valence-corrected chi connectivity index (χ3v) is 2.54. The van der Waals surface area contributed by atoms with Crippen molar-refractivity contribution in [2.24, 2.45) is 5.92 Å². The zero-order chi connectivity index (χ0) is 8.81. The summed E-state index contributed by atoms with van der Waals surface area (Å²) in [6.45, 7) is 2.46. The number of carbonyl (C=O) groups is 1. The Labute approximate surface area is 73.5 Å². The van der Waals surface area contributed by atoms with Crippen molar-refractivity contribution in [2.45, 2.75) is 25.7 Å². The Kier molecular flexibility index (Phi) is 4.08. The Balaban J connectivity index is 2.09. The number of rotatable bonds is 3. The molecule has 0 aromatic rings. The second-order valence-corrected chi connectivity index (χ2v) is 3.42. The number of piperidine rings is 1. The summed E-state index contributed by atoms with van der Waals surface area (Å²) in [7, 11) is 1.46. The largest absolute Gasteiger partial charge is 0.469 e. The van der Waals surface area contributed by atoms with E-state index in [1.807, 2.05) is 0 Å². The van der Waals surface area contributed by atoms with Crippen LogP contribution in [-0.4, -0.2) is 26.2 Å². The molecule has 0 aromatic carbocycles. The molecule has 1 aliphatic rings. The van der Waals surface area contributed by atoms with Gasteiger partial charge in [-0.1, -0.05) is 0 Å². The van der Waals surface area contributed by atoms with Crippen molar-refractivity contribution in [3.8, 4) is 0 Å². The number of quaternary nitrogens is 1.